The van der Waals surface area contributed by atoms with Crippen LogP contribution in [0.1, 0.15) is 6.42 Å². The maximum atomic E-state index is 13.7. The number of nitrogens with zero attached hydrogens (tertiary/aromatic N) is 4. The molecule has 1 amide bonds. The van der Waals surface area contributed by atoms with Gasteiger partial charge in [-0.3, -0.25) is 9.48 Å². The van der Waals surface area contributed by atoms with E-state index in [9.17, 15) is 9.18 Å². The molecule has 0 aliphatic heterocycles. The van der Waals surface area contributed by atoms with Gasteiger partial charge < -0.3 is 5.32 Å². The van der Waals surface area contributed by atoms with E-state index in [4.69, 9.17) is 0 Å². The van der Waals surface area contributed by atoms with Crippen molar-refractivity contribution in [2.45, 2.75) is 13.0 Å². The van der Waals surface area contributed by atoms with Crippen molar-refractivity contribution in [2.24, 2.45) is 0 Å². The van der Waals surface area contributed by atoms with Crippen LogP contribution in [0.5, 0.6) is 0 Å². The van der Waals surface area contributed by atoms with E-state index < -0.39 is 0 Å². The van der Waals surface area contributed by atoms with Gasteiger partial charge in [-0.05, 0) is 18.2 Å². The molecular formula is C14H13ClFN5OS. The summed E-state index contributed by atoms with van der Waals surface area (Å²) in [5.41, 5.74) is 0.372. The highest BCUT2D eigenvalue weighted by Gasteiger charge is 2.12. The topological polar surface area (TPSA) is 72.7 Å². The molecular weight excluding hydrogens is 341 g/mol. The maximum Gasteiger partial charge on any atom is 0.228 e. The lowest BCUT2D eigenvalue weighted by atomic mass is 10.2. The number of halogens is 2. The molecule has 0 aliphatic rings. The molecule has 0 aliphatic carbocycles. The molecule has 0 spiro atoms. The monoisotopic (exact) mass is 353 g/mol. The van der Waals surface area contributed by atoms with Gasteiger partial charge in [-0.1, -0.05) is 23.5 Å². The van der Waals surface area contributed by atoms with Crippen molar-refractivity contribution in [2.75, 3.05) is 5.32 Å². The molecule has 0 radical (unpaired) electrons. The lowest BCUT2D eigenvalue weighted by Crippen LogP contribution is -2.14. The van der Waals surface area contributed by atoms with Crippen LogP contribution in [-0.4, -0.2) is 25.9 Å². The second-order valence-corrected chi connectivity index (χ2v) is 5.44. The Bertz CT molecular complexity index is 777. The molecule has 0 saturated carbocycles. The third kappa shape index (κ3) is 4.33. The summed E-state index contributed by atoms with van der Waals surface area (Å²) in [6.45, 7) is 0.484. The first-order valence-electron chi connectivity index (χ1n) is 6.58. The number of nitrogens with one attached hydrogen (secondary N) is 1. The lowest BCUT2D eigenvalue weighted by molar-refractivity contribution is -0.116. The molecule has 2 aromatic heterocycles. The van der Waals surface area contributed by atoms with Gasteiger partial charge in [0.05, 0.1) is 0 Å². The summed E-state index contributed by atoms with van der Waals surface area (Å²) in [6.07, 6.45) is 3.72. The lowest BCUT2D eigenvalue weighted by Gasteiger charge is -2.01. The van der Waals surface area contributed by atoms with Crippen LogP contribution in [0.4, 0.5) is 9.52 Å². The summed E-state index contributed by atoms with van der Waals surface area (Å²) < 4.78 is 15.3. The number of hydrogen-bond donors (Lipinski definition) is 1. The van der Waals surface area contributed by atoms with Gasteiger partial charge >= 0.3 is 0 Å². The quantitative estimate of drug-likeness (QED) is 0.765. The molecule has 0 saturated heterocycles. The van der Waals surface area contributed by atoms with Gasteiger partial charge in [0.1, 0.15) is 5.82 Å². The van der Waals surface area contributed by atoms with Gasteiger partial charge in [-0.15, -0.1) is 22.6 Å². The normalized spacial score (nSPS) is 10.1. The number of rotatable bonds is 5. The molecule has 1 N–H and O–H groups in total. The van der Waals surface area contributed by atoms with Gasteiger partial charge in [0.25, 0.3) is 0 Å². The van der Waals surface area contributed by atoms with Crippen LogP contribution < -0.4 is 5.32 Å². The van der Waals surface area contributed by atoms with E-state index in [-0.39, 0.29) is 30.6 Å². The zero-order valence-electron chi connectivity index (χ0n) is 11.8. The minimum atomic E-state index is -0.366. The third-order valence-electron chi connectivity index (χ3n) is 2.90. The SMILES string of the molecule is Cl.O=C(CCn1cccn1)Nc1nnc(-c2ccccc2F)s1. The summed E-state index contributed by atoms with van der Waals surface area (Å²) in [4.78, 5) is 11.8. The first kappa shape index (κ1) is 17.0. The summed E-state index contributed by atoms with van der Waals surface area (Å²) in [6, 6.07) is 8.11. The van der Waals surface area contributed by atoms with Crippen LogP contribution in [0.3, 0.4) is 0 Å². The van der Waals surface area contributed by atoms with Crippen molar-refractivity contribution in [1.29, 1.82) is 0 Å². The van der Waals surface area contributed by atoms with Gasteiger partial charge in [-0.25, -0.2) is 4.39 Å². The van der Waals surface area contributed by atoms with Crippen LogP contribution in [0, 0.1) is 5.82 Å². The molecule has 120 valence electrons. The fourth-order valence-corrected chi connectivity index (χ4v) is 2.63. The molecule has 0 atom stereocenters. The van der Waals surface area contributed by atoms with Crippen molar-refractivity contribution < 1.29 is 9.18 Å². The Morgan fingerprint density at radius 3 is 2.83 bits per heavy atom. The molecule has 6 nitrogen and oxygen atoms in total. The Hall–Kier alpha value is -2.32. The summed E-state index contributed by atoms with van der Waals surface area (Å²) in [5.74, 6) is -0.554. The maximum absolute atomic E-state index is 13.7. The van der Waals surface area contributed by atoms with E-state index in [0.29, 0.717) is 22.2 Å². The Labute approximate surface area is 141 Å². The predicted octanol–water partition coefficient (Wildman–Crippen LogP) is 2.99. The number of hydrogen-bond acceptors (Lipinski definition) is 5. The average molecular weight is 354 g/mol. The van der Waals surface area contributed by atoms with E-state index in [1.54, 1.807) is 41.3 Å². The molecule has 23 heavy (non-hydrogen) atoms. The molecule has 2 heterocycles. The summed E-state index contributed by atoms with van der Waals surface area (Å²) >= 11 is 1.14. The Kier molecular flexibility index (Phi) is 5.78. The number of aryl methyl sites for hydroxylation is 1. The smallest absolute Gasteiger partial charge is 0.228 e. The van der Waals surface area contributed by atoms with E-state index in [2.05, 4.69) is 20.6 Å². The largest absolute Gasteiger partial charge is 0.300 e. The highest BCUT2D eigenvalue weighted by atomic mass is 35.5. The Morgan fingerprint density at radius 1 is 1.26 bits per heavy atom. The standard InChI is InChI=1S/C14H12FN5OS.ClH/c15-11-5-2-1-4-10(11)13-18-19-14(22-13)17-12(21)6-9-20-8-3-7-16-20;/h1-5,7-8H,6,9H2,(H,17,19,21);1H. The van der Waals surface area contributed by atoms with Crippen molar-refractivity contribution in [3.63, 3.8) is 0 Å². The molecule has 9 heteroatoms. The first-order chi connectivity index (χ1) is 10.7. The molecule has 0 fully saturated rings. The van der Waals surface area contributed by atoms with Crippen molar-refractivity contribution >= 4 is 34.8 Å². The fourth-order valence-electron chi connectivity index (χ4n) is 1.85. The van der Waals surface area contributed by atoms with Crippen LogP contribution in [0.15, 0.2) is 42.7 Å². The van der Waals surface area contributed by atoms with Crippen molar-refractivity contribution in [3.8, 4) is 10.6 Å². The zero-order chi connectivity index (χ0) is 15.4. The number of carbonyl (C=O) groups is 1. The highest BCUT2D eigenvalue weighted by molar-refractivity contribution is 7.18. The molecule has 0 bridgehead atoms. The zero-order valence-corrected chi connectivity index (χ0v) is 13.5. The minimum absolute atomic E-state index is 0. The number of anilines is 1. The number of carbonyl (C=O) groups excluding carboxylic acids is 1. The van der Waals surface area contributed by atoms with Gasteiger partial charge in [0.15, 0.2) is 5.01 Å². The highest BCUT2D eigenvalue weighted by Crippen LogP contribution is 2.28. The van der Waals surface area contributed by atoms with Gasteiger partial charge in [0, 0.05) is 30.9 Å². The van der Waals surface area contributed by atoms with Gasteiger partial charge in [0.2, 0.25) is 11.0 Å². The van der Waals surface area contributed by atoms with Crippen LogP contribution in [0.25, 0.3) is 10.6 Å². The molecule has 3 rings (SSSR count). The van der Waals surface area contributed by atoms with Gasteiger partial charge in [-0.2, -0.15) is 5.10 Å². The second kappa shape index (κ2) is 7.80. The first-order valence-corrected chi connectivity index (χ1v) is 7.40. The Morgan fingerprint density at radius 2 is 2.09 bits per heavy atom. The molecule has 0 unspecified atom stereocenters. The number of amides is 1. The summed E-state index contributed by atoms with van der Waals surface area (Å²) in [5, 5.41) is 15.2. The van der Waals surface area contributed by atoms with E-state index in [0.717, 1.165) is 11.3 Å². The molecule has 1 aromatic carbocycles. The fraction of sp³-hybridized carbons (Fsp3) is 0.143. The van der Waals surface area contributed by atoms with E-state index >= 15 is 0 Å². The minimum Gasteiger partial charge on any atom is -0.300 e. The van der Waals surface area contributed by atoms with Crippen LogP contribution >= 0.6 is 23.7 Å². The van der Waals surface area contributed by atoms with Crippen molar-refractivity contribution in [1.82, 2.24) is 20.0 Å². The third-order valence-corrected chi connectivity index (χ3v) is 3.77. The number of aromatic nitrogens is 4. The van der Waals surface area contributed by atoms with Crippen LogP contribution in [-0.2, 0) is 11.3 Å². The Balaban J connectivity index is 0.00000192. The predicted molar refractivity (Wildman–Crippen MR) is 88.0 cm³/mol. The summed E-state index contributed by atoms with van der Waals surface area (Å²) in [7, 11) is 0. The molecule has 3 aromatic rings. The van der Waals surface area contributed by atoms with E-state index in [1.807, 2.05) is 0 Å². The van der Waals surface area contributed by atoms with E-state index in [1.165, 1.54) is 6.07 Å². The van der Waals surface area contributed by atoms with Crippen molar-refractivity contribution in [3.05, 3.63) is 48.5 Å². The second-order valence-electron chi connectivity index (χ2n) is 4.46. The number of benzene rings is 1. The average Bonchev–Trinajstić information content (AvgIpc) is 3.17. The van der Waals surface area contributed by atoms with Crippen LogP contribution in [0.2, 0.25) is 0 Å².